The summed E-state index contributed by atoms with van der Waals surface area (Å²) in [4.78, 5) is 34.2. The number of carbonyl (C=O) groups is 1. The number of halogens is 2. The van der Waals surface area contributed by atoms with Gasteiger partial charge in [-0.1, -0.05) is 0 Å². The molecule has 0 spiro atoms. The Balaban J connectivity index is 1.06. The molecular formula is C30H32F2N8O2. The van der Waals surface area contributed by atoms with Crippen LogP contribution in [-0.2, 0) is 0 Å². The predicted molar refractivity (Wildman–Crippen MR) is 153 cm³/mol. The van der Waals surface area contributed by atoms with Gasteiger partial charge in [-0.25, -0.2) is 28.7 Å². The van der Waals surface area contributed by atoms with Crippen molar-refractivity contribution in [2.75, 3.05) is 36.4 Å². The summed E-state index contributed by atoms with van der Waals surface area (Å²) in [6, 6.07) is 4.15. The number of nitrogens with zero attached hydrogens (tertiary/aromatic N) is 7. The zero-order valence-corrected chi connectivity index (χ0v) is 23.1. The molecule has 7 rings (SSSR count). The maximum Gasteiger partial charge on any atom is 0.254 e. The number of benzene rings is 1. The van der Waals surface area contributed by atoms with Gasteiger partial charge in [0.2, 0.25) is 5.95 Å². The molecule has 5 heterocycles. The van der Waals surface area contributed by atoms with Gasteiger partial charge in [0.15, 0.2) is 5.82 Å². The average molecular weight is 575 g/mol. The molecule has 4 aromatic rings. The van der Waals surface area contributed by atoms with Crippen LogP contribution in [0.2, 0.25) is 0 Å². The molecule has 2 aliphatic heterocycles. The maximum absolute atomic E-state index is 15.3. The molecule has 2 saturated heterocycles. The number of hydrogen-bond acceptors (Lipinski definition) is 8. The Morgan fingerprint density at radius 1 is 0.952 bits per heavy atom. The van der Waals surface area contributed by atoms with Crippen LogP contribution >= 0.6 is 0 Å². The van der Waals surface area contributed by atoms with E-state index in [-0.39, 0.29) is 40.9 Å². The fraction of sp³-hybridized carbons (Fsp3) is 0.433. The van der Waals surface area contributed by atoms with E-state index < -0.39 is 17.7 Å². The number of carbonyl (C=O) groups excluding carboxylic acids is 1. The van der Waals surface area contributed by atoms with Crippen molar-refractivity contribution in [3.63, 3.8) is 0 Å². The molecule has 1 saturated carbocycles. The van der Waals surface area contributed by atoms with E-state index in [4.69, 9.17) is 0 Å². The monoisotopic (exact) mass is 574 g/mol. The molecule has 218 valence electrons. The summed E-state index contributed by atoms with van der Waals surface area (Å²) in [7, 11) is 0. The summed E-state index contributed by atoms with van der Waals surface area (Å²) in [5.41, 5.74) is 1.89. The SMILES string of the molecule is O=C(c1ccc(Nc2ncnc3c2c(F)cn3C2CCN(c3ncc(C4CC4)cn3)CC2)c(F)c1)N1CCC[C@@H](O)C1. The number of aliphatic hydroxyl groups is 1. The van der Waals surface area contributed by atoms with E-state index in [2.05, 4.69) is 30.2 Å². The molecule has 3 fully saturated rings. The third kappa shape index (κ3) is 5.15. The van der Waals surface area contributed by atoms with E-state index in [1.54, 1.807) is 0 Å². The van der Waals surface area contributed by atoms with E-state index in [0.29, 0.717) is 31.0 Å². The number of hydrogen-bond donors (Lipinski definition) is 2. The summed E-state index contributed by atoms with van der Waals surface area (Å²) in [5, 5.41) is 13.0. The lowest BCUT2D eigenvalue weighted by Crippen LogP contribution is -2.42. The highest BCUT2D eigenvalue weighted by Gasteiger charge is 2.28. The van der Waals surface area contributed by atoms with Crippen LogP contribution in [0.1, 0.15) is 66.4 Å². The standard InChI is InChI=1S/C30H32F2N8O2/c31-23-12-19(29(42)39-9-1-2-22(41)15-39)5-6-25(23)37-27-26-24(32)16-40(28(26)36-17-35-27)21-7-10-38(11-8-21)30-33-13-20(14-34-30)18-3-4-18/h5-6,12-14,16-18,21-22,41H,1-4,7-11,15H2,(H,35,36,37)/t22-/m1/s1. The molecule has 3 aromatic heterocycles. The van der Waals surface area contributed by atoms with Gasteiger partial charge >= 0.3 is 0 Å². The van der Waals surface area contributed by atoms with Gasteiger partial charge in [-0.2, -0.15) is 0 Å². The molecule has 10 nitrogen and oxygen atoms in total. The smallest absolute Gasteiger partial charge is 0.254 e. The Bertz CT molecular complexity index is 1620. The first-order chi connectivity index (χ1) is 20.4. The van der Waals surface area contributed by atoms with Crippen molar-refractivity contribution in [1.29, 1.82) is 0 Å². The minimum Gasteiger partial charge on any atom is -0.391 e. The van der Waals surface area contributed by atoms with Crippen LogP contribution in [0.5, 0.6) is 0 Å². The number of nitrogens with one attached hydrogen (secondary N) is 1. The van der Waals surface area contributed by atoms with Gasteiger partial charge in [0, 0.05) is 56.4 Å². The van der Waals surface area contributed by atoms with Crippen LogP contribution in [0.3, 0.4) is 0 Å². The van der Waals surface area contributed by atoms with Crippen molar-refractivity contribution in [1.82, 2.24) is 29.4 Å². The number of likely N-dealkylation sites (tertiary alicyclic amines) is 1. The fourth-order valence-corrected chi connectivity index (χ4v) is 6.08. The Labute approximate surface area is 241 Å². The van der Waals surface area contributed by atoms with Crippen LogP contribution in [0.4, 0.5) is 26.2 Å². The number of aliphatic hydroxyl groups excluding tert-OH is 1. The second-order valence-corrected chi connectivity index (χ2v) is 11.5. The van der Waals surface area contributed by atoms with Crippen molar-refractivity contribution in [2.45, 2.75) is 56.6 Å². The van der Waals surface area contributed by atoms with Crippen LogP contribution in [0.25, 0.3) is 11.0 Å². The Kier molecular flexibility index (Phi) is 6.93. The first-order valence-electron chi connectivity index (χ1n) is 14.6. The molecule has 1 aliphatic carbocycles. The van der Waals surface area contributed by atoms with Gasteiger partial charge in [-0.3, -0.25) is 4.79 Å². The normalized spacial score (nSPS) is 19.8. The topological polar surface area (TPSA) is 112 Å². The largest absolute Gasteiger partial charge is 0.391 e. The highest BCUT2D eigenvalue weighted by Crippen LogP contribution is 2.39. The van der Waals surface area contributed by atoms with E-state index >= 15 is 8.78 Å². The van der Waals surface area contributed by atoms with Crippen molar-refractivity contribution >= 4 is 34.4 Å². The maximum atomic E-state index is 15.3. The Morgan fingerprint density at radius 3 is 2.45 bits per heavy atom. The Morgan fingerprint density at radius 2 is 1.74 bits per heavy atom. The summed E-state index contributed by atoms with van der Waals surface area (Å²) >= 11 is 0. The van der Waals surface area contributed by atoms with Crippen molar-refractivity contribution in [3.8, 4) is 0 Å². The molecule has 1 aromatic carbocycles. The van der Waals surface area contributed by atoms with Gasteiger partial charge in [0.1, 0.15) is 23.6 Å². The summed E-state index contributed by atoms with van der Waals surface area (Å²) in [6.07, 6.45) is 11.4. The van der Waals surface area contributed by atoms with E-state index in [9.17, 15) is 9.90 Å². The molecule has 3 aliphatic rings. The summed E-state index contributed by atoms with van der Waals surface area (Å²) in [5.74, 6) is -0.00774. The highest BCUT2D eigenvalue weighted by molar-refractivity contribution is 5.95. The van der Waals surface area contributed by atoms with E-state index in [1.807, 2.05) is 17.0 Å². The molecular weight excluding hydrogens is 542 g/mol. The molecule has 42 heavy (non-hydrogen) atoms. The van der Waals surface area contributed by atoms with Gasteiger partial charge < -0.3 is 24.8 Å². The lowest BCUT2D eigenvalue weighted by molar-refractivity contribution is 0.0473. The lowest BCUT2D eigenvalue weighted by Gasteiger charge is -2.32. The van der Waals surface area contributed by atoms with E-state index in [0.717, 1.165) is 37.9 Å². The van der Waals surface area contributed by atoms with Crippen molar-refractivity contribution in [2.24, 2.45) is 0 Å². The van der Waals surface area contributed by atoms with Crippen LogP contribution in [-0.4, -0.2) is 72.7 Å². The zero-order valence-electron chi connectivity index (χ0n) is 23.1. The number of fused-ring (bicyclic) bond motifs is 1. The van der Waals surface area contributed by atoms with Crippen LogP contribution in [0.15, 0.2) is 43.1 Å². The van der Waals surface area contributed by atoms with Gasteiger partial charge in [0.05, 0.1) is 17.2 Å². The molecule has 0 bridgehead atoms. The number of aromatic nitrogens is 5. The molecule has 12 heteroatoms. The number of piperidine rings is 2. The molecule has 2 N–H and O–H groups in total. The molecule has 0 radical (unpaired) electrons. The van der Waals surface area contributed by atoms with E-state index in [1.165, 1.54) is 48.0 Å². The number of anilines is 3. The minimum absolute atomic E-state index is 0.0251. The van der Waals surface area contributed by atoms with Crippen LogP contribution in [0, 0.1) is 11.6 Å². The van der Waals surface area contributed by atoms with Crippen molar-refractivity contribution < 1.29 is 18.7 Å². The second kappa shape index (κ2) is 10.9. The zero-order chi connectivity index (χ0) is 28.8. The van der Waals surface area contributed by atoms with Gasteiger partial charge in [-0.05, 0) is 68.2 Å². The minimum atomic E-state index is -0.662. The third-order valence-electron chi connectivity index (χ3n) is 8.56. The lowest BCUT2D eigenvalue weighted by atomic mass is 10.1. The summed E-state index contributed by atoms with van der Waals surface area (Å²) < 4.78 is 32.3. The summed E-state index contributed by atoms with van der Waals surface area (Å²) in [6.45, 7) is 2.22. The molecule has 0 unspecified atom stereocenters. The quantitative estimate of drug-likeness (QED) is 0.345. The van der Waals surface area contributed by atoms with Crippen molar-refractivity contribution in [3.05, 3.63) is 65.9 Å². The Hall–Kier alpha value is -4.19. The van der Waals surface area contributed by atoms with Gasteiger partial charge in [0.25, 0.3) is 5.91 Å². The highest BCUT2D eigenvalue weighted by atomic mass is 19.1. The third-order valence-corrected chi connectivity index (χ3v) is 8.56. The average Bonchev–Trinajstić information content (AvgIpc) is 3.81. The number of rotatable bonds is 6. The second-order valence-electron chi connectivity index (χ2n) is 11.5. The fourth-order valence-electron chi connectivity index (χ4n) is 6.08. The van der Waals surface area contributed by atoms with Crippen LogP contribution < -0.4 is 10.2 Å². The molecule has 1 amide bonds. The number of amides is 1. The molecule has 1 atom stereocenters. The first-order valence-corrected chi connectivity index (χ1v) is 14.6. The predicted octanol–water partition coefficient (Wildman–Crippen LogP) is 4.56. The number of β-amino-alcohol motifs (C(OH)–C–C–N with tert-alkyl or cyclic N) is 1. The van der Waals surface area contributed by atoms with Gasteiger partial charge in [-0.15, -0.1) is 0 Å². The first kappa shape index (κ1) is 26.7.